The highest BCUT2D eigenvalue weighted by Gasteiger charge is 2.32. The van der Waals surface area contributed by atoms with Crippen molar-refractivity contribution in [2.24, 2.45) is 5.73 Å². The first-order valence-electron chi connectivity index (χ1n) is 4.00. The maximum absolute atomic E-state index is 11.0. The molecule has 0 fully saturated rings. The molecule has 3 N–H and O–H groups in total. The molecule has 0 spiro atoms. The minimum absolute atomic E-state index is 0.398. The molecule has 1 unspecified atom stereocenters. The number of carbonyl (C=O) groups is 1. The van der Waals surface area contributed by atoms with Crippen LogP contribution in [0.15, 0.2) is 0 Å². The van der Waals surface area contributed by atoms with Gasteiger partial charge in [-0.3, -0.25) is 4.79 Å². The molecule has 0 rings (SSSR count). The van der Waals surface area contributed by atoms with Crippen molar-refractivity contribution in [2.45, 2.75) is 32.2 Å². The molecule has 1 atom stereocenters. The second-order valence-electron chi connectivity index (χ2n) is 3.32. The normalized spacial score (nSPS) is 16.5. The molecule has 78 valence electrons. The maximum atomic E-state index is 11.0. The highest BCUT2D eigenvalue weighted by Crippen LogP contribution is 2.12. The number of amides is 1. The first-order valence-corrected chi connectivity index (χ1v) is 5.89. The van der Waals surface area contributed by atoms with E-state index in [0.717, 1.165) is 6.26 Å². The Morgan fingerprint density at radius 3 is 2.23 bits per heavy atom. The van der Waals surface area contributed by atoms with Crippen molar-refractivity contribution in [3.8, 4) is 0 Å². The van der Waals surface area contributed by atoms with Crippen molar-refractivity contribution >= 4 is 15.9 Å². The van der Waals surface area contributed by atoms with E-state index in [0.29, 0.717) is 12.8 Å². The second-order valence-corrected chi connectivity index (χ2v) is 5.07. The first-order chi connectivity index (χ1) is 5.71. The van der Waals surface area contributed by atoms with Crippen molar-refractivity contribution in [3.63, 3.8) is 0 Å². The van der Waals surface area contributed by atoms with E-state index in [9.17, 15) is 13.2 Å². The van der Waals surface area contributed by atoms with Crippen LogP contribution in [0.1, 0.15) is 26.7 Å². The summed E-state index contributed by atoms with van der Waals surface area (Å²) in [6, 6.07) is 0. The number of rotatable bonds is 5. The molecule has 0 bridgehead atoms. The van der Waals surface area contributed by atoms with Gasteiger partial charge in [0.05, 0.1) is 6.26 Å². The van der Waals surface area contributed by atoms with E-state index in [1.54, 1.807) is 0 Å². The molecule has 0 radical (unpaired) electrons. The van der Waals surface area contributed by atoms with Crippen LogP contribution in [0.3, 0.4) is 0 Å². The Bertz CT molecular complexity index is 286. The molecule has 13 heavy (non-hydrogen) atoms. The van der Waals surface area contributed by atoms with Crippen LogP contribution in [0.5, 0.6) is 0 Å². The number of sulfonamides is 1. The second kappa shape index (κ2) is 4.06. The maximum Gasteiger partial charge on any atom is 0.238 e. The molecule has 0 aliphatic heterocycles. The largest absolute Gasteiger partial charge is 0.368 e. The number of hydrogen-bond acceptors (Lipinski definition) is 3. The summed E-state index contributed by atoms with van der Waals surface area (Å²) in [6.07, 6.45) is 2.08. The van der Waals surface area contributed by atoms with Gasteiger partial charge >= 0.3 is 0 Å². The molecular formula is C7H16N2O3S. The molecule has 0 aromatic heterocycles. The molecule has 0 aliphatic carbocycles. The molecular weight excluding hydrogens is 192 g/mol. The lowest BCUT2D eigenvalue weighted by molar-refractivity contribution is -0.123. The van der Waals surface area contributed by atoms with Crippen LogP contribution >= 0.6 is 0 Å². The molecule has 5 nitrogen and oxygen atoms in total. The van der Waals surface area contributed by atoms with E-state index in [1.807, 2.05) is 6.92 Å². The zero-order valence-electron chi connectivity index (χ0n) is 8.12. The molecule has 6 heteroatoms. The Kier molecular flexibility index (Phi) is 3.87. The standard InChI is InChI=1S/C7H16N2O3S/c1-4-5-7(2,6(8)10)9-13(3,11)12/h9H,4-5H2,1-3H3,(H2,8,10). The van der Waals surface area contributed by atoms with E-state index in [-0.39, 0.29) is 0 Å². The summed E-state index contributed by atoms with van der Waals surface area (Å²) in [7, 11) is -3.40. The Morgan fingerprint density at radius 1 is 1.54 bits per heavy atom. The zero-order chi connectivity index (χ0) is 10.7. The van der Waals surface area contributed by atoms with E-state index in [1.165, 1.54) is 6.92 Å². The monoisotopic (exact) mass is 208 g/mol. The predicted molar refractivity (Wildman–Crippen MR) is 50.5 cm³/mol. The minimum Gasteiger partial charge on any atom is -0.368 e. The summed E-state index contributed by atoms with van der Waals surface area (Å²) in [5.74, 6) is -0.653. The van der Waals surface area contributed by atoms with Gasteiger partial charge in [-0.25, -0.2) is 13.1 Å². The van der Waals surface area contributed by atoms with Gasteiger partial charge in [0, 0.05) is 0 Å². The number of nitrogens with one attached hydrogen (secondary N) is 1. The van der Waals surface area contributed by atoms with Gasteiger partial charge < -0.3 is 5.73 Å². The third kappa shape index (κ3) is 4.23. The van der Waals surface area contributed by atoms with Crippen LogP contribution in [0.4, 0.5) is 0 Å². The SMILES string of the molecule is CCCC(C)(NS(C)(=O)=O)C(N)=O. The van der Waals surface area contributed by atoms with Gasteiger partial charge in [0.1, 0.15) is 5.54 Å². The number of primary amides is 1. The van der Waals surface area contributed by atoms with Crippen LogP contribution in [0.25, 0.3) is 0 Å². The van der Waals surface area contributed by atoms with E-state index < -0.39 is 21.5 Å². The van der Waals surface area contributed by atoms with Crippen molar-refractivity contribution in [1.82, 2.24) is 4.72 Å². The molecule has 0 aromatic carbocycles. The fourth-order valence-electron chi connectivity index (χ4n) is 1.13. The fraction of sp³-hybridized carbons (Fsp3) is 0.857. The Hall–Kier alpha value is -0.620. The lowest BCUT2D eigenvalue weighted by Gasteiger charge is -2.25. The summed E-state index contributed by atoms with van der Waals surface area (Å²) in [4.78, 5) is 11.0. The summed E-state index contributed by atoms with van der Waals surface area (Å²) in [6.45, 7) is 3.34. The quantitative estimate of drug-likeness (QED) is 0.643. The van der Waals surface area contributed by atoms with Crippen LogP contribution in [-0.2, 0) is 14.8 Å². The van der Waals surface area contributed by atoms with Crippen molar-refractivity contribution in [1.29, 1.82) is 0 Å². The zero-order valence-corrected chi connectivity index (χ0v) is 8.94. The molecule has 0 saturated heterocycles. The van der Waals surface area contributed by atoms with Gasteiger partial charge in [-0.2, -0.15) is 0 Å². The first kappa shape index (κ1) is 12.4. The summed E-state index contributed by atoms with van der Waals surface area (Å²) in [5.41, 5.74) is 3.93. The van der Waals surface area contributed by atoms with Gasteiger partial charge in [0.2, 0.25) is 15.9 Å². The van der Waals surface area contributed by atoms with Crippen molar-refractivity contribution < 1.29 is 13.2 Å². The van der Waals surface area contributed by atoms with E-state index >= 15 is 0 Å². The highest BCUT2D eigenvalue weighted by atomic mass is 32.2. The van der Waals surface area contributed by atoms with Crippen molar-refractivity contribution in [2.75, 3.05) is 6.26 Å². The molecule has 0 aliphatic rings. The van der Waals surface area contributed by atoms with Crippen LogP contribution in [0.2, 0.25) is 0 Å². The van der Waals surface area contributed by atoms with Crippen LogP contribution < -0.4 is 10.5 Å². The number of carbonyl (C=O) groups excluding carboxylic acids is 1. The predicted octanol–water partition coefficient (Wildman–Crippen LogP) is -0.420. The summed E-state index contributed by atoms with van der Waals surface area (Å²) < 4.78 is 24.0. The van der Waals surface area contributed by atoms with Crippen LogP contribution in [-0.4, -0.2) is 26.1 Å². The minimum atomic E-state index is -3.40. The summed E-state index contributed by atoms with van der Waals surface area (Å²) in [5, 5.41) is 0. The van der Waals surface area contributed by atoms with E-state index in [4.69, 9.17) is 5.73 Å². The number of nitrogens with two attached hydrogens (primary N) is 1. The molecule has 0 aromatic rings. The topological polar surface area (TPSA) is 89.3 Å². The third-order valence-electron chi connectivity index (χ3n) is 1.70. The molecule has 0 saturated carbocycles. The third-order valence-corrected chi connectivity index (χ3v) is 2.53. The fourth-order valence-corrected chi connectivity index (χ4v) is 2.15. The van der Waals surface area contributed by atoms with Gasteiger partial charge in [-0.1, -0.05) is 13.3 Å². The Labute approximate surface area is 78.7 Å². The van der Waals surface area contributed by atoms with Crippen molar-refractivity contribution in [3.05, 3.63) is 0 Å². The van der Waals surface area contributed by atoms with Gasteiger partial charge in [0.15, 0.2) is 0 Å². The van der Waals surface area contributed by atoms with E-state index in [2.05, 4.69) is 4.72 Å². The molecule has 1 amide bonds. The number of hydrogen-bond donors (Lipinski definition) is 2. The highest BCUT2D eigenvalue weighted by molar-refractivity contribution is 7.88. The smallest absolute Gasteiger partial charge is 0.238 e. The average Bonchev–Trinajstić information content (AvgIpc) is 1.82. The van der Waals surface area contributed by atoms with Gasteiger partial charge in [-0.15, -0.1) is 0 Å². The van der Waals surface area contributed by atoms with Gasteiger partial charge in [-0.05, 0) is 13.3 Å². The lowest BCUT2D eigenvalue weighted by atomic mass is 9.97. The van der Waals surface area contributed by atoms with Crippen LogP contribution in [0, 0.1) is 0 Å². The van der Waals surface area contributed by atoms with Gasteiger partial charge in [0.25, 0.3) is 0 Å². The summed E-state index contributed by atoms with van der Waals surface area (Å²) >= 11 is 0. The molecule has 0 heterocycles. The lowest BCUT2D eigenvalue weighted by Crippen LogP contribution is -2.54. The Balaban J connectivity index is 4.71. The average molecular weight is 208 g/mol. The Morgan fingerprint density at radius 2 is 2.00 bits per heavy atom.